The Labute approximate surface area is 135 Å². The molecule has 122 valence electrons. The summed E-state index contributed by atoms with van der Waals surface area (Å²) in [5.41, 5.74) is 1.65. The van der Waals surface area contributed by atoms with Gasteiger partial charge in [0, 0.05) is 19.2 Å². The van der Waals surface area contributed by atoms with Gasteiger partial charge in [0.25, 0.3) is 0 Å². The average molecular weight is 328 g/mol. The van der Waals surface area contributed by atoms with Crippen LogP contribution in [0.15, 0.2) is 24.7 Å². The summed E-state index contributed by atoms with van der Waals surface area (Å²) in [5.74, 6) is -0.929. The fraction of sp³-hybridized carbons (Fsp3) is 0.200. The molecule has 0 spiro atoms. The van der Waals surface area contributed by atoms with Gasteiger partial charge in [-0.3, -0.25) is 19.3 Å². The van der Waals surface area contributed by atoms with Crippen LogP contribution in [0, 0.1) is 6.92 Å². The summed E-state index contributed by atoms with van der Waals surface area (Å²) in [5, 5.41) is 23.2. The second kappa shape index (κ2) is 5.69. The zero-order valence-corrected chi connectivity index (χ0v) is 13.0. The number of aromatic nitrogens is 5. The minimum Gasteiger partial charge on any atom is -0.480 e. The second-order valence-electron chi connectivity index (χ2n) is 5.28. The molecule has 0 unspecified atom stereocenters. The van der Waals surface area contributed by atoms with Crippen LogP contribution in [0.1, 0.15) is 23.2 Å². The molecule has 0 amide bonds. The van der Waals surface area contributed by atoms with Crippen LogP contribution in [-0.4, -0.2) is 41.8 Å². The van der Waals surface area contributed by atoms with Crippen molar-refractivity contribution in [1.82, 2.24) is 19.7 Å². The van der Waals surface area contributed by atoms with Crippen LogP contribution in [0.25, 0.3) is 22.2 Å². The van der Waals surface area contributed by atoms with E-state index in [-0.39, 0.29) is 18.0 Å². The lowest BCUT2D eigenvalue weighted by Gasteiger charge is -2.01. The maximum Gasteiger partial charge on any atom is 0.333 e. The Kier molecular flexibility index (Phi) is 3.68. The van der Waals surface area contributed by atoms with Crippen molar-refractivity contribution in [2.45, 2.75) is 20.4 Å². The summed E-state index contributed by atoms with van der Waals surface area (Å²) in [6.07, 6.45) is 4.45. The standard InChI is InChI=1S/C15H13N5O4/c1-8(21)15-11-3-12(10-4-16-9(2)20(24)6-10)17-5-13(11)19(18-15)7-14(22)23/h3-6H,7H2,1-2H3,(H-,22,23,24)/p+1. The Morgan fingerprint density at radius 3 is 2.67 bits per heavy atom. The van der Waals surface area contributed by atoms with Crippen molar-refractivity contribution in [2.75, 3.05) is 0 Å². The Morgan fingerprint density at radius 1 is 1.29 bits per heavy atom. The highest BCUT2D eigenvalue weighted by molar-refractivity contribution is 6.05. The summed E-state index contributed by atoms with van der Waals surface area (Å²) in [6.45, 7) is 2.64. The van der Waals surface area contributed by atoms with E-state index in [2.05, 4.69) is 15.1 Å². The Hall–Kier alpha value is -3.36. The summed E-state index contributed by atoms with van der Waals surface area (Å²) in [7, 11) is 0. The minimum absolute atomic E-state index is 0.173. The third-order valence-corrected chi connectivity index (χ3v) is 3.53. The van der Waals surface area contributed by atoms with Crippen LogP contribution >= 0.6 is 0 Å². The molecule has 3 heterocycles. The number of carbonyl (C=O) groups is 2. The molecule has 24 heavy (non-hydrogen) atoms. The number of aryl methyl sites for hydroxylation is 1. The van der Waals surface area contributed by atoms with E-state index >= 15 is 0 Å². The number of Topliss-reactive ketones (excluding diaryl/α,β-unsaturated/α-hetero) is 1. The number of pyridine rings is 1. The van der Waals surface area contributed by atoms with Gasteiger partial charge in [0.2, 0.25) is 0 Å². The van der Waals surface area contributed by atoms with E-state index in [1.807, 2.05) is 0 Å². The van der Waals surface area contributed by atoms with Crippen LogP contribution in [-0.2, 0) is 11.3 Å². The van der Waals surface area contributed by atoms with E-state index in [4.69, 9.17) is 5.11 Å². The minimum atomic E-state index is -1.07. The van der Waals surface area contributed by atoms with E-state index < -0.39 is 5.97 Å². The maximum absolute atomic E-state index is 11.8. The number of ketones is 1. The van der Waals surface area contributed by atoms with Crippen molar-refractivity contribution in [3.05, 3.63) is 36.2 Å². The Morgan fingerprint density at radius 2 is 2.04 bits per heavy atom. The van der Waals surface area contributed by atoms with Crippen molar-refractivity contribution in [3.8, 4) is 11.3 Å². The van der Waals surface area contributed by atoms with Gasteiger partial charge in [-0.15, -0.1) is 0 Å². The van der Waals surface area contributed by atoms with Crippen molar-refractivity contribution in [2.24, 2.45) is 0 Å². The molecule has 3 aromatic rings. The number of hydrogen-bond acceptors (Lipinski definition) is 6. The van der Waals surface area contributed by atoms with Gasteiger partial charge in [-0.05, 0) is 6.07 Å². The fourth-order valence-corrected chi connectivity index (χ4v) is 2.35. The fourth-order valence-electron chi connectivity index (χ4n) is 2.35. The van der Waals surface area contributed by atoms with Crippen LogP contribution in [0.2, 0.25) is 0 Å². The molecule has 9 nitrogen and oxygen atoms in total. The van der Waals surface area contributed by atoms with Crippen LogP contribution in [0.3, 0.4) is 0 Å². The zero-order valence-electron chi connectivity index (χ0n) is 13.0. The Bertz CT molecular complexity index is 979. The van der Waals surface area contributed by atoms with Gasteiger partial charge in [0.1, 0.15) is 18.4 Å². The summed E-state index contributed by atoms with van der Waals surface area (Å²) in [6, 6.07) is 1.63. The van der Waals surface area contributed by atoms with Gasteiger partial charge < -0.3 is 10.3 Å². The molecule has 0 bridgehead atoms. The first-order valence-corrected chi connectivity index (χ1v) is 7.04. The van der Waals surface area contributed by atoms with E-state index in [0.29, 0.717) is 28.0 Å². The van der Waals surface area contributed by atoms with Crippen LogP contribution < -0.4 is 4.73 Å². The predicted molar refractivity (Wildman–Crippen MR) is 80.5 cm³/mol. The van der Waals surface area contributed by atoms with E-state index in [1.54, 1.807) is 19.2 Å². The molecule has 0 aliphatic carbocycles. The van der Waals surface area contributed by atoms with E-state index in [1.165, 1.54) is 24.0 Å². The van der Waals surface area contributed by atoms with Crippen LogP contribution in [0.4, 0.5) is 0 Å². The lowest BCUT2D eigenvalue weighted by atomic mass is 10.1. The molecular weight excluding hydrogens is 314 g/mol. The topological polar surface area (TPSA) is 122 Å². The molecule has 3 rings (SSSR count). The molecule has 0 aliphatic heterocycles. The molecule has 9 heteroatoms. The number of hydrogen-bond donors (Lipinski definition) is 2. The maximum atomic E-state index is 11.8. The van der Waals surface area contributed by atoms with Gasteiger partial charge in [-0.25, -0.2) is 0 Å². The van der Waals surface area contributed by atoms with Crippen molar-refractivity contribution >= 4 is 22.7 Å². The van der Waals surface area contributed by atoms with Crippen LogP contribution in [0.5, 0.6) is 0 Å². The molecule has 0 radical (unpaired) electrons. The summed E-state index contributed by atoms with van der Waals surface area (Å²) in [4.78, 5) is 31.1. The van der Waals surface area contributed by atoms with E-state index in [9.17, 15) is 14.8 Å². The summed E-state index contributed by atoms with van der Waals surface area (Å²) < 4.78 is 2.10. The molecule has 3 aromatic heterocycles. The molecule has 2 N–H and O–H groups in total. The quantitative estimate of drug-likeness (QED) is 0.409. The number of carboxylic acid groups (broad SMARTS) is 1. The first-order chi connectivity index (χ1) is 11.4. The first kappa shape index (κ1) is 15.5. The number of rotatable bonds is 4. The molecular formula is C15H14N5O4+. The Balaban J connectivity index is 2.19. The molecule has 0 saturated heterocycles. The highest BCUT2D eigenvalue weighted by Gasteiger charge is 2.18. The number of fused-ring (bicyclic) bond motifs is 1. The number of carboxylic acids is 1. The molecule has 0 aromatic carbocycles. The zero-order chi connectivity index (χ0) is 17.4. The largest absolute Gasteiger partial charge is 0.480 e. The normalized spacial score (nSPS) is 10.9. The average Bonchev–Trinajstić information content (AvgIpc) is 2.87. The molecule has 0 aliphatic rings. The number of aliphatic carboxylic acids is 1. The lowest BCUT2D eigenvalue weighted by Crippen LogP contribution is -2.34. The van der Waals surface area contributed by atoms with Crippen molar-refractivity contribution < 1.29 is 24.6 Å². The van der Waals surface area contributed by atoms with Gasteiger partial charge in [-0.1, -0.05) is 9.71 Å². The van der Waals surface area contributed by atoms with Gasteiger partial charge in [0.15, 0.2) is 12.0 Å². The SMILES string of the molecule is CC(=O)c1nn(CC(=O)O)c2cnc(-c3cnc(C)[n+](O)c3)cc12. The molecule has 0 atom stereocenters. The third kappa shape index (κ3) is 2.67. The molecule has 0 fully saturated rings. The molecule has 0 saturated carbocycles. The number of nitrogens with zero attached hydrogens (tertiary/aromatic N) is 5. The predicted octanol–water partition coefficient (Wildman–Crippen LogP) is 0.614. The monoisotopic (exact) mass is 328 g/mol. The van der Waals surface area contributed by atoms with Crippen molar-refractivity contribution in [3.63, 3.8) is 0 Å². The highest BCUT2D eigenvalue weighted by atomic mass is 16.5. The van der Waals surface area contributed by atoms with Gasteiger partial charge in [-0.2, -0.15) is 5.10 Å². The van der Waals surface area contributed by atoms with Gasteiger partial charge in [0.05, 0.1) is 23.0 Å². The lowest BCUT2D eigenvalue weighted by molar-refractivity contribution is -0.910. The third-order valence-electron chi connectivity index (χ3n) is 3.53. The second-order valence-corrected chi connectivity index (χ2v) is 5.28. The number of carbonyl (C=O) groups excluding carboxylic acids is 1. The van der Waals surface area contributed by atoms with E-state index in [0.717, 1.165) is 4.73 Å². The van der Waals surface area contributed by atoms with Crippen molar-refractivity contribution in [1.29, 1.82) is 0 Å². The van der Waals surface area contributed by atoms with Gasteiger partial charge >= 0.3 is 11.8 Å². The first-order valence-electron chi connectivity index (χ1n) is 7.04. The summed E-state index contributed by atoms with van der Waals surface area (Å²) >= 11 is 0. The smallest absolute Gasteiger partial charge is 0.333 e. The highest BCUT2D eigenvalue weighted by Crippen LogP contribution is 2.24.